The van der Waals surface area contributed by atoms with Crippen molar-refractivity contribution in [3.8, 4) is 5.75 Å². The van der Waals surface area contributed by atoms with Crippen LogP contribution in [0.5, 0.6) is 5.75 Å². The van der Waals surface area contributed by atoms with E-state index < -0.39 is 10.0 Å². The normalized spacial score (nSPS) is 16.0. The van der Waals surface area contributed by atoms with E-state index in [1.807, 2.05) is 45.0 Å². The smallest absolute Gasteiger partial charge is 0.214 e. The summed E-state index contributed by atoms with van der Waals surface area (Å²) in [5, 5.41) is 6.73. The second kappa shape index (κ2) is 14.1. The summed E-state index contributed by atoms with van der Waals surface area (Å²) < 4.78 is 31.8. The Morgan fingerprint density at radius 1 is 1.23 bits per heavy atom. The van der Waals surface area contributed by atoms with Gasteiger partial charge in [0.15, 0.2) is 5.96 Å². The van der Waals surface area contributed by atoms with Gasteiger partial charge in [-0.1, -0.05) is 25.1 Å². The van der Waals surface area contributed by atoms with Gasteiger partial charge < -0.3 is 15.4 Å². The van der Waals surface area contributed by atoms with Gasteiger partial charge in [-0.05, 0) is 44.7 Å². The molecule has 0 aliphatic carbocycles. The van der Waals surface area contributed by atoms with Gasteiger partial charge in [-0.2, -0.15) is 0 Å². The van der Waals surface area contributed by atoms with Gasteiger partial charge >= 0.3 is 0 Å². The van der Waals surface area contributed by atoms with Crippen LogP contribution in [0.2, 0.25) is 0 Å². The molecule has 0 saturated carbocycles. The Labute approximate surface area is 199 Å². The number of hydrogen-bond acceptors (Lipinski definition) is 4. The lowest BCUT2D eigenvalue weighted by Gasteiger charge is -2.32. The molecule has 0 bridgehead atoms. The van der Waals surface area contributed by atoms with Crippen LogP contribution < -0.4 is 15.4 Å². The predicted octanol–water partition coefficient (Wildman–Crippen LogP) is 3.14. The summed E-state index contributed by atoms with van der Waals surface area (Å²) in [4.78, 5) is 4.64. The number of rotatable bonds is 10. The van der Waals surface area contributed by atoms with Gasteiger partial charge in [0, 0.05) is 38.6 Å². The van der Waals surface area contributed by atoms with Crippen LogP contribution in [-0.2, 0) is 10.0 Å². The molecule has 0 spiro atoms. The largest absolute Gasteiger partial charge is 0.493 e. The topological polar surface area (TPSA) is 83.0 Å². The Bertz CT molecular complexity index is 750. The summed E-state index contributed by atoms with van der Waals surface area (Å²) >= 11 is 0. The van der Waals surface area contributed by atoms with Gasteiger partial charge in [0.25, 0.3) is 0 Å². The van der Waals surface area contributed by atoms with E-state index in [2.05, 4.69) is 15.6 Å². The van der Waals surface area contributed by atoms with E-state index in [1.165, 1.54) is 0 Å². The lowest BCUT2D eigenvalue weighted by atomic mass is 10.1. The van der Waals surface area contributed by atoms with Gasteiger partial charge in [-0.25, -0.2) is 12.7 Å². The summed E-state index contributed by atoms with van der Waals surface area (Å²) in [6.07, 6.45) is 3.08. The molecule has 2 N–H and O–H groups in total. The molecule has 7 nitrogen and oxygen atoms in total. The number of ether oxygens (including phenoxy) is 1. The maximum absolute atomic E-state index is 12.2. The number of sulfonamides is 1. The van der Waals surface area contributed by atoms with E-state index in [9.17, 15) is 8.42 Å². The van der Waals surface area contributed by atoms with Crippen LogP contribution in [0, 0.1) is 6.92 Å². The molecule has 0 amide bonds. The minimum absolute atomic E-state index is 0. The third-order valence-electron chi connectivity index (χ3n) is 4.92. The van der Waals surface area contributed by atoms with Crippen LogP contribution in [0.1, 0.15) is 45.1 Å². The number of piperidine rings is 1. The van der Waals surface area contributed by atoms with Crippen molar-refractivity contribution in [3.63, 3.8) is 0 Å². The first-order valence-corrected chi connectivity index (χ1v) is 12.3. The molecule has 1 aromatic rings. The standard InChI is InChI=1S/C21H36N4O3S.HI/c1-4-17-29(26,27)25-14-11-19(12-15-25)24-21(22-5-2)23-13-8-16-28-20-10-7-6-9-18(20)3;/h6-7,9-10,19H,4-5,8,11-17H2,1-3H3,(H2,22,23,24);1H. The van der Waals surface area contributed by atoms with Crippen molar-refractivity contribution < 1.29 is 13.2 Å². The van der Waals surface area contributed by atoms with Crippen molar-refractivity contribution in [1.29, 1.82) is 0 Å². The number of para-hydroxylation sites is 1. The molecule has 1 fully saturated rings. The second-order valence-corrected chi connectivity index (χ2v) is 9.45. The molecule has 30 heavy (non-hydrogen) atoms. The first kappa shape index (κ1) is 27.0. The maximum Gasteiger partial charge on any atom is 0.214 e. The van der Waals surface area contributed by atoms with Crippen LogP contribution in [0.15, 0.2) is 29.3 Å². The van der Waals surface area contributed by atoms with Crippen LogP contribution in [-0.4, -0.2) is 63.3 Å². The second-order valence-electron chi connectivity index (χ2n) is 7.36. The van der Waals surface area contributed by atoms with Crippen LogP contribution >= 0.6 is 24.0 Å². The van der Waals surface area contributed by atoms with Crippen molar-refractivity contribution in [2.75, 3.05) is 38.5 Å². The van der Waals surface area contributed by atoms with Gasteiger partial charge in [0.05, 0.1) is 12.4 Å². The van der Waals surface area contributed by atoms with Crippen molar-refractivity contribution >= 4 is 40.0 Å². The molecule has 0 radical (unpaired) electrons. The molecule has 1 aliphatic heterocycles. The molecule has 1 aromatic carbocycles. The van der Waals surface area contributed by atoms with Gasteiger partial charge in [-0.3, -0.25) is 4.99 Å². The zero-order valence-electron chi connectivity index (χ0n) is 18.4. The Kier molecular flexibility index (Phi) is 12.7. The number of nitrogens with zero attached hydrogens (tertiary/aromatic N) is 2. The number of benzene rings is 1. The minimum Gasteiger partial charge on any atom is -0.493 e. The Morgan fingerprint density at radius 2 is 1.93 bits per heavy atom. The van der Waals surface area contributed by atoms with E-state index in [-0.39, 0.29) is 35.8 Å². The summed E-state index contributed by atoms with van der Waals surface area (Å²) in [7, 11) is -3.10. The van der Waals surface area contributed by atoms with Crippen LogP contribution in [0.25, 0.3) is 0 Å². The molecule has 0 aromatic heterocycles. The van der Waals surface area contributed by atoms with E-state index in [0.29, 0.717) is 32.7 Å². The highest BCUT2D eigenvalue weighted by atomic mass is 127. The van der Waals surface area contributed by atoms with Gasteiger partial charge in [-0.15, -0.1) is 24.0 Å². The van der Waals surface area contributed by atoms with Crippen LogP contribution in [0.3, 0.4) is 0 Å². The summed E-state index contributed by atoms with van der Waals surface area (Å²) in [5.41, 5.74) is 1.14. The third-order valence-corrected chi connectivity index (χ3v) is 6.99. The molecule has 2 rings (SSSR count). The zero-order chi connectivity index (χ0) is 21.1. The van der Waals surface area contributed by atoms with E-state index in [0.717, 1.165) is 43.1 Å². The van der Waals surface area contributed by atoms with E-state index in [4.69, 9.17) is 4.74 Å². The van der Waals surface area contributed by atoms with Gasteiger partial charge in [0.1, 0.15) is 5.75 Å². The number of halogens is 1. The van der Waals surface area contributed by atoms with E-state index >= 15 is 0 Å². The van der Waals surface area contributed by atoms with Crippen molar-refractivity contribution in [3.05, 3.63) is 29.8 Å². The van der Waals surface area contributed by atoms with Crippen molar-refractivity contribution in [2.24, 2.45) is 4.99 Å². The fourth-order valence-electron chi connectivity index (χ4n) is 3.33. The minimum atomic E-state index is -3.10. The average molecular weight is 553 g/mol. The first-order chi connectivity index (χ1) is 14.0. The Morgan fingerprint density at radius 3 is 2.57 bits per heavy atom. The predicted molar refractivity (Wildman–Crippen MR) is 134 cm³/mol. The van der Waals surface area contributed by atoms with E-state index in [1.54, 1.807) is 4.31 Å². The average Bonchev–Trinajstić information content (AvgIpc) is 2.69. The number of hydrogen-bond donors (Lipinski definition) is 2. The lowest BCUT2D eigenvalue weighted by molar-refractivity contribution is 0.305. The first-order valence-electron chi connectivity index (χ1n) is 10.7. The number of nitrogens with one attached hydrogen (secondary N) is 2. The molecular weight excluding hydrogens is 515 g/mol. The molecule has 172 valence electrons. The Hall–Kier alpha value is -1.07. The lowest BCUT2D eigenvalue weighted by Crippen LogP contribution is -2.50. The molecule has 0 atom stereocenters. The zero-order valence-corrected chi connectivity index (χ0v) is 21.5. The molecule has 9 heteroatoms. The molecule has 1 heterocycles. The summed E-state index contributed by atoms with van der Waals surface area (Å²) in [6.45, 7) is 9.21. The monoisotopic (exact) mass is 552 g/mol. The molecule has 0 unspecified atom stereocenters. The van der Waals surface area contributed by atoms with Gasteiger partial charge in [0.2, 0.25) is 10.0 Å². The summed E-state index contributed by atoms with van der Waals surface area (Å²) in [6, 6.07) is 8.25. The maximum atomic E-state index is 12.2. The van der Waals surface area contributed by atoms with Crippen LogP contribution in [0.4, 0.5) is 0 Å². The highest BCUT2D eigenvalue weighted by Gasteiger charge is 2.27. The number of guanidine groups is 1. The highest BCUT2D eigenvalue weighted by molar-refractivity contribution is 14.0. The number of aryl methyl sites for hydroxylation is 1. The van der Waals surface area contributed by atoms with Crippen molar-refractivity contribution in [2.45, 2.75) is 52.5 Å². The van der Waals surface area contributed by atoms with Crippen molar-refractivity contribution in [1.82, 2.24) is 14.9 Å². The molecular formula is C21H37IN4O3S. The fraction of sp³-hybridized carbons (Fsp3) is 0.667. The molecule has 1 aliphatic rings. The summed E-state index contributed by atoms with van der Waals surface area (Å²) in [5.74, 6) is 1.95. The highest BCUT2D eigenvalue weighted by Crippen LogP contribution is 2.16. The quantitative estimate of drug-likeness (QED) is 0.202. The fourth-order valence-corrected chi connectivity index (χ4v) is 4.88. The molecule has 1 saturated heterocycles. The third kappa shape index (κ3) is 8.97. The number of aliphatic imine (C=N–C) groups is 1. The Balaban J connectivity index is 0.00000450. The SMILES string of the molecule is CCCS(=O)(=O)N1CCC(NC(=NCCCOc2ccccc2C)NCC)CC1.I.